The summed E-state index contributed by atoms with van der Waals surface area (Å²) in [6, 6.07) is 10.3. The SMILES string of the molecule is Cc1nc(OCc2ccccc2)ncc1CCl. The third-order valence-corrected chi connectivity index (χ3v) is 2.70. The molecule has 3 nitrogen and oxygen atoms in total. The quantitative estimate of drug-likeness (QED) is 0.780. The zero-order chi connectivity index (χ0) is 12.1. The summed E-state index contributed by atoms with van der Waals surface area (Å²) in [5.41, 5.74) is 2.88. The average Bonchev–Trinajstić information content (AvgIpc) is 2.38. The van der Waals surface area contributed by atoms with Gasteiger partial charge in [-0.2, -0.15) is 0 Å². The molecule has 88 valence electrons. The molecule has 2 rings (SSSR count). The number of aryl methyl sites for hydroxylation is 1. The van der Waals surface area contributed by atoms with Gasteiger partial charge in [-0.1, -0.05) is 30.3 Å². The summed E-state index contributed by atoms with van der Waals surface area (Å²) >= 11 is 5.74. The zero-order valence-electron chi connectivity index (χ0n) is 9.56. The fourth-order valence-electron chi connectivity index (χ4n) is 1.39. The normalized spacial score (nSPS) is 10.2. The average molecular weight is 249 g/mol. The predicted molar refractivity (Wildman–Crippen MR) is 67.1 cm³/mol. The second kappa shape index (κ2) is 5.64. The van der Waals surface area contributed by atoms with Crippen LogP contribution in [-0.4, -0.2) is 9.97 Å². The van der Waals surface area contributed by atoms with Crippen LogP contribution < -0.4 is 4.74 Å². The molecule has 0 atom stereocenters. The number of benzene rings is 1. The van der Waals surface area contributed by atoms with Gasteiger partial charge in [-0.05, 0) is 12.5 Å². The van der Waals surface area contributed by atoms with Crippen LogP contribution in [0, 0.1) is 6.92 Å². The maximum atomic E-state index is 5.74. The van der Waals surface area contributed by atoms with Crippen LogP contribution in [0.15, 0.2) is 36.5 Å². The first-order valence-electron chi connectivity index (χ1n) is 5.35. The maximum Gasteiger partial charge on any atom is 0.316 e. The molecule has 0 radical (unpaired) electrons. The summed E-state index contributed by atoms with van der Waals surface area (Å²) in [6.07, 6.45) is 1.70. The lowest BCUT2D eigenvalue weighted by molar-refractivity contribution is 0.280. The van der Waals surface area contributed by atoms with Crippen molar-refractivity contribution in [1.82, 2.24) is 9.97 Å². The Morgan fingerprint density at radius 3 is 2.65 bits per heavy atom. The van der Waals surface area contributed by atoms with Crippen molar-refractivity contribution in [3.05, 3.63) is 53.3 Å². The molecule has 1 heterocycles. The fourth-order valence-corrected chi connectivity index (χ4v) is 1.66. The highest BCUT2D eigenvalue weighted by Crippen LogP contribution is 2.12. The third-order valence-electron chi connectivity index (χ3n) is 2.41. The summed E-state index contributed by atoms with van der Waals surface area (Å²) in [4.78, 5) is 8.35. The molecule has 0 N–H and O–H groups in total. The van der Waals surface area contributed by atoms with Gasteiger partial charge in [0.1, 0.15) is 6.61 Å². The second-order valence-electron chi connectivity index (χ2n) is 3.67. The third kappa shape index (κ3) is 3.17. The van der Waals surface area contributed by atoms with E-state index in [2.05, 4.69) is 9.97 Å². The van der Waals surface area contributed by atoms with E-state index in [1.807, 2.05) is 37.3 Å². The Balaban J connectivity index is 2.02. The molecule has 0 saturated carbocycles. The summed E-state index contributed by atoms with van der Waals surface area (Å²) < 4.78 is 5.51. The van der Waals surface area contributed by atoms with E-state index >= 15 is 0 Å². The van der Waals surface area contributed by atoms with Crippen LogP contribution in [0.3, 0.4) is 0 Å². The highest BCUT2D eigenvalue weighted by atomic mass is 35.5. The lowest BCUT2D eigenvalue weighted by Gasteiger charge is -2.06. The number of aromatic nitrogens is 2. The van der Waals surface area contributed by atoms with Crippen LogP contribution in [0.1, 0.15) is 16.8 Å². The van der Waals surface area contributed by atoms with Crippen LogP contribution in [-0.2, 0) is 12.5 Å². The first kappa shape index (κ1) is 11.9. The minimum Gasteiger partial charge on any atom is -0.459 e. The molecule has 1 aromatic heterocycles. The van der Waals surface area contributed by atoms with Crippen LogP contribution in [0.2, 0.25) is 0 Å². The maximum absolute atomic E-state index is 5.74. The fraction of sp³-hybridized carbons (Fsp3) is 0.231. The molecule has 0 aliphatic rings. The number of halogens is 1. The Labute approximate surface area is 105 Å². The standard InChI is InChI=1S/C13H13ClN2O/c1-10-12(7-14)8-15-13(16-10)17-9-11-5-3-2-4-6-11/h2-6,8H,7,9H2,1H3. The number of rotatable bonds is 4. The molecule has 0 spiro atoms. The molecule has 0 bridgehead atoms. The summed E-state index contributed by atoms with van der Waals surface area (Å²) in [5.74, 6) is 0.421. The largest absolute Gasteiger partial charge is 0.459 e. The van der Waals surface area contributed by atoms with Gasteiger partial charge >= 0.3 is 6.01 Å². The predicted octanol–water partition coefficient (Wildman–Crippen LogP) is 3.10. The highest BCUT2D eigenvalue weighted by molar-refractivity contribution is 6.17. The molecular formula is C13H13ClN2O. The first-order valence-corrected chi connectivity index (χ1v) is 5.88. The van der Waals surface area contributed by atoms with Crippen LogP contribution in [0.25, 0.3) is 0 Å². The van der Waals surface area contributed by atoms with Gasteiger partial charge in [0.2, 0.25) is 0 Å². The van der Waals surface area contributed by atoms with Gasteiger partial charge in [-0.15, -0.1) is 11.6 Å². The van der Waals surface area contributed by atoms with E-state index in [9.17, 15) is 0 Å². The van der Waals surface area contributed by atoms with Gasteiger partial charge in [0.05, 0.1) is 5.88 Å². The molecule has 4 heteroatoms. The number of hydrogen-bond acceptors (Lipinski definition) is 3. The number of alkyl halides is 1. The molecule has 0 aliphatic heterocycles. The molecule has 0 aliphatic carbocycles. The summed E-state index contributed by atoms with van der Waals surface area (Å²) in [5, 5.41) is 0. The monoisotopic (exact) mass is 248 g/mol. The minimum absolute atomic E-state index is 0.389. The Kier molecular flexibility index (Phi) is 3.94. The van der Waals surface area contributed by atoms with Gasteiger partial charge in [0, 0.05) is 17.5 Å². The molecule has 0 unspecified atom stereocenters. The summed E-state index contributed by atoms with van der Waals surface area (Å²) in [6.45, 7) is 2.37. The van der Waals surface area contributed by atoms with Gasteiger partial charge in [0.25, 0.3) is 0 Å². The van der Waals surface area contributed by atoms with Gasteiger partial charge in [-0.25, -0.2) is 9.97 Å². The van der Waals surface area contributed by atoms with Crippen molar-refractivity contribution >= 4 is 11.6 Å². The van der Waals surface area contributed by atoms with Crippen molar-refractivity contribution < 1.29 is 4.74 Å². The number of nitrogens with zero attached hydrogens (tertiary/aromatic N) is 2. The van der Waals surface area contributed by atoms with E-state index in [4.69, 9.17) is 16.3 Å². The smallest absolute Gasteiger partial charge is 0.316 e. The first-order chi connectivity index (χ1) is 8.29. The molecule has 0 amide bonds. The molecule has 2 aromatic rings. The van der Waals surface area contributed by atoms with Crippen molar-refractivity contribution in [1.29, 1.82) is 0 Å². The highest BCUT2D eigenvalue weighted by Gasteiger charge is 2.03. The van der Waals surface area contributed by atoms with E-state index in [-0.39, 0.29) is 0 Å². The van der Waals surface area contributed by atoms with E-state index < -0.39 is 0 Å². The Morgan fingerprint density at radius 1 is 1.24 bits per heavy atom. The van der Waals surface area contributed by atoms with E-state index in [0.717, 1.165) is 16.8 Å². The van der Waals surface area contributed by atoms with Crippen LogP contribution >= 0.6 is 11.6 Å². The van der Waals surface area contributed by atoms with Gasteiger partial charge < -0.3 is 4.74 Å². The molecule has 17 heavy (non-hydrogen) atoms. The lowest BCUT2D eigenvalue weighted by atomic mass is 10.2. The lowest BCUT2D eigenvalue weighted by Crippen LogP contribution is -2.01. The topological polar surface area (TPSA) is 35.0 Å². The number of hydrogen-bond donors (Lipinski definition) is 0. The Morgan fingerprint density at radius 2 is 2.00 bits per heavy atom. The summed E-state index contributed by atoms with van der Waals surface area (Å²) in [7, 11) is 0. The van der Waals surface area contributed by atoms with Crippen molar-refractivity contribution in [2.75, 3.05) is 0 Å². The van der Waals surface area contributed by atoms with Gasteiger partial charge in [0.15, 0.2) is 0 Å². The van der Waals surface area contributed by atoms with Crippen LogP contribution in [0.4, 0.5) is 0 Å². The molecule has 1 aromatic carbocycles. The van der Waals surface area contributed by atoms with Crippen molar-refractivity contribution in [3.8, 4) is 6.01 Å². The second-order valence-corrected chi connectivity index (χ2v) is 3.94. The molecular weight excluding hydrogens is 236 g/mol. The van der Waals surface area contributed by atoms with Crippen molar-refractivity contribution in [2.45, 2.75) is 19.4 Å². The van der Waals surface area contributed by atoms with Crippen molar-refractivity contribution in [2.24, 2.45) is 0 Å². The van der Waals surface area contributed by atoms with Gasteiger partial charge in [-0.3, -0.25) is 0 Å². The molecule has 0 saturated heterocycles. The van der Waals surface area contributed by atoms with Crippen molar-refractivity contribution in [3.63, 3.8) is 0 Å². The van der Waals surface area contributed by atoms with E-state index in [1.165, 1.54) is 0 Å². The Hall–Kier alpha value is -1.61. The minimum atomic E-state index is 0.389. The van der Waals surface area contributed by atoms with Crippen LogP contribution in [0.5, 0.6) is 6.01 Å². The molecule has 0 fully saturated rings. The Bertz CT molecular complexity index is 488. The van der Waals surface area contributed by atoms with E-state index in [1.54, 1.807) is 6.20 Å². The number of ether oxygens (including phenoxy) is 1. The zero-order valence-corrected chi connectivity index (χ0v) is 10.3. The van der Waals surface area contributed by atoms with E-state index in [0.29, 0.717) is 18.5 Å².